The zero-order chi connectivity index (χ0) is 11.5. The lowest BCUT2D eigenvalue weighted by molar-refractivity contribution is -0.322. The Morgan fingerprint density at radius 2 is 2.20 bits per heavy atom. The number of alkyl halides is 3. The zero-order valence-electron chi connectivity index (χ0n) is 8.43. The minimum absolute atomic E-state index is 0.0893. The molecule has 0 aliphatic carbocycles. The Morgan fingerprint density at radius 1 is 1.53 bits per heavy atom. The molecule has 1 rings (SSSR count). The van der Waals surface area contributed by atoms with Gasteiger partial charge in [-0.1, -0.05) is 0 Å². The van der Waals surface area contributed by atoms with Crippen LogP contribution < -0.4 is 5.32 Å². The zero-order valence-corrected chi connectivity index (χ0v) is 8.43. The van der Waals surface area contributed by atoms with E-state index in [4.69, 9.17) is 0 Å². The van der Waals surface area contributed by atoms with Gasteiger partial charge in [0.15, 0.2) is 0 Å². The van der Waals surface area contributed by atoms with Crippen molar-refractivity contribution in [3.63, 3.8) is 0 Å². The highest BCUT2D eigenvalue weighted by atomic mass is 19.4. The largest absolute Gasteiger partial charge is 0.522 e. The third-order valence-corrected chi connectivity index (χ3v) is 1.70. The monoisotopic (exact) mass is 223 g/mol. The van der Waals surface area contributed by atoms with E-state index < -0.39 is 13.0 Å². The SMILES string of the molecule is Cc1nn(C)cc1NCCOC(F)(F)F. The molecule has 0 spiro atoms. The van der Waals surface area contributed by atoms with Crippen LogP contribution in [-0.4, -0.2) is 29.3 Å². The second-order valence-corrected chi connectivity index (χ2v) is 3.02. The Balaban J connectivity index is 2.29. The fourth-order valence-corrected chi connectivity index (χ4v) is 1.13. The molecule has 0 saturated carbocycles. The maximum Gasteiger partial charge on any atom is 0.522 e. The number of nitrogens with zero attached hydrogens (tertiary/aromatic N) is 2. The van der Waals surface area contributed by atoms with Crippen LogP contribution in [0.1, 0.15) is 5.69 Å². The van der Waals surface area contributed by atoms with Gasteiger partial charge in [0.1, 0.15) is 0 Å². The molecule has 0 unspecified atom stereocenters. The Bertz CT molecular complexity index is 321. The molecule has 7 heteroatoms. The highest BCUT2D eigenvalue weighted by Crippen LogP contribution is 2.16. The topological polar surface area (TPSA) is 39.1 Å². The maximum atomic E-state index is 11.6. The van der Waals surface area contributed by atoms with E-state index in [1.165, 1.54) is 0 Å². The number of anilines is 1. The van der Waals surface area contributed by atoms with Crippen LogP contribution in [0.3, 0.4) is 0 Å². The highest BCUT2D eigenvalue weighted by molar-refractivity contribution is 5.45. The third-order valence-electron chi connectivity index (χ3n) is 1.70. The summed E-state index contributed by atoms with van der Waals surface area (Å²) in [7, 11) is 1.74. The summed E-state index contributed by atoms with van der Waals surface area (Å²) in [6.07, 6.45) is -2.87. The fraction of sp³-hybridized carbons (Fsp3) is 0.625. The van der Waals surface area contributed by atoms with Crippen molar-refractivity contribution in [2.45, 2.75) is 13.3 Å². The standard InChI is InChI=1S/C8H12F3N3O/c1-6-7(5-14(2)13-6)12-3-4-15-8(9,10)11/h5,12H,3-4H2,1-2H3. The maximum absolute atomic E-state index is 11.6. The summed E-state index contributed by atoms with van der Waals surface area (Å²) in [6.45, 7) is 1.44. The van der Waals surface area contributed by atoms with Gasteiger partial charge < -0.3 is 5.32 Å². The molecule has 4 nitrogen and oxygen atoms in total. The molecule has 1 heterocycles. The molecule has 0 atom stereocenters. The van der Waals surface area contributed by atoms with Gasteiger partial charge in [0.05, 0.1) is 18.0 Å². The molecule has 0 aromatic carbocycles. The van der Waals surface area contributed by atoms with Crippen LogP contribution >= 0.6 is 0 Å². The summed E-state index contributed by atoms with van der Waals surface area (Å²) < 4.78 is 40.0. The van der Waals surface area contributed by atoms with Gasteiger partial charge >= 0.3 is 6.36 Å². The molecule has 0 saturated heterocycles. The predicted octanol–water partition coefficient (Wildman–Crippen LogP) is 1.68. The van der Waals surface area contributed by atoms with Gasteiger partial charge in [-0.2, -0.15) is 5.10 Å². The summed E-state index contributed by atoms with van der Waals surface area (Å²) in [5.41, 5.74) is 1.45. The molecule has 1 aromatic rings. The lowest BCUT2D eigenvalue weighted by atomic mass is 10.4. The van der Waals surface area contributed by atoms with Crippen molar-refractivity contribution in [3.05, 3.63) is 11.9 Å². The van der Waals surface area contributed by atoms with Gasteiger partial charge in [0.2, 0.25) is 0 Å². The molecule has 0 bridgehead atoms. The molecule has 15 heavy (non-hydrogen) atoms. The molecule has 0 fully saturated rings. The van der Waals surface area contributed by atoms with Gasteiger partial charge in [0, 0.05) is 19.8 Å². The lowest BCUT2D eigenvalue weighted by Crippen LogP contribution is -2.19. The Labute approximate surface area is 85.0 Å². The van der Waals surface area contributed by atoms with Gasteiger partial charge in [-0.25, -0.2) is 0 Å². The number of hydrogen-bond donors (Lipinski definition) is 1. The molecular weight excluding hydrogens is 211 g/mol. The molecule has 0 aliphatic rings. The van der Waals surface area contributed by atoms with Crippen molar-refractivity contribution in [1.29, 1.82) is 0 Å². The van der Waals surface area contributed by atoms with Crippen molar-refractivity contribution in [2.24, 2.45) is 7.05 Å². The number of nitrogens with one attached hydrogen (secondary N) is 1. The first-order valence-corrected chi connectivity index (χ1v) is 4.33. The van der Waals surface area contributed by atoms with Crippen molar-refractivity contribution < 1.29 is 17.9 Å². The number of aromatic nitrogens is 2. The van der Waals surface area contributed by atoms with Crippen LogP contribution in [-0.2, 0) is 11.8 Å². The summed E-state index contributed by atoms with van der Waals surface area (Å²) in [5, 5.41) is 6.83. The van der Waals surface area contributed by atoms with Gasteiger partial charge in [-0.15, -0.1) is 13.2 Å². The van der Waals surface area contributed by atoms with E-state index in [-0.39, 0.29) is 6.54 Å². The Hall–Kier alpha value is -1.24. The number of halogens is 3. The van der Waals surface area contributed by atoms with E-state index in [1.807, 2.05) is 0 Å². The second kappa shape index (κ2) is 4.52. The summed E-state index contributed by atoms with van der Waals surface area (Å²) in [5.74, 6) is 0. The van der Waals surface area contributed by atoms with Gasteiger partial charge in [0.25, 0.3) is 0 Å². The predicted molar refractivity (Wildman–Crippen MR) is 48.4 cm³/mol. The van der Waals surface area contributed by atoms with E-state index in [1.54, 1.807) is 24.9 Å². The van der Waals surface area contributed by atoms with Gasteiger partial charge in [-0.3, -0.25) is 9.42 Å². The van der Waals surface area contributed by atoms with E-state index in [2.05, 4.69) is 15.2 Å². The molecule has 1 aromatic heterocycles. The van der Waals surface area contributed by atoms with Crippen LogP contribution in [0.25, 0.3) is 0 Å². The van der Waals surface area contributed by atoms with E-state index in [0.29, 0.717) is 5.69 Å². The normalized spacial score (nSPS) is 11.8. The minimum Gasteiger partial charge on any atom is -0.380 e. The van der Waals surface area contributed by atoms with Crippen LogP contribution in [0.2, 0.25) is 0 Å². The van der Waals surface area contributed by atoms with Crippen LogP contribution in [0.4, 0.5) is 18.9 Å². The Morgan fingerprint density at radius 3 is 2.67 bits per heavy atom. The number of rotatable bonds is 4. The van der Waals surface area contributed by atoms with E-state index in [9.17, 15) is 13.2 Å². The smallest absolute Gasteiger partial charge is 0.380 e. The van der Waals surface area contributed by atoms with Crippen LogP contribution in [0.15, 0.2) is 6.20 Å². The van der Waals surface area contributed by atoms with Crippen molar-refractivity contribution in [1.82, 2.24) is 9.78 Å². The first-order chi connectivity index (χ1) is 6.88. The van der Waals surface area contributed by atoms with Crippen LogP contribution in [0.5, 0.6) is 0 Å². The number of aryl methyl sites for hydroxylation is 2. The highest BCUT2D eigenvalue weighted by Gasteiger charge is 2.28. The first-order valence-electron chi connectivity index (χ1n) is 4.33. The van der Waals surface area contributed by atoms with Crippen LogP contribution in [0, 0.1) is 6.92 Å². The van der Waals surface area contributed by atoms with Crippen molar-refractivity contribution in [2.75, 3.05) is 18.5 Å². The quantitative estimate of drug-likeness (QED) is 0.789. The molecule has 0 amide bonds. The van der Waals surface area contributed by atoms with E-state index >= 15 is 0 Å². The number of ether oxygens (including phenoxy) is 1. The minimum atomic E-state index is -4.56. The van der Waals surface area contributed by atoms with Crippen molar-refractivity contribution >= 4 is 5.69 Å². The molecule has 0 radical (unpaired) electrons. The summed E-state index contributed by atoms with van der Waals surface area (Å²) >= 11 is 0. The van der Waals surface area contributed by atoms with Gasteiger partial charge in [-0.05, 0) is 6.92 Å². The molecule has 0 aliphatic heterocycles. The number of hydrogen-bond acceptors (Lipinski definition) is 3. The lowest BCUT2D eigenvalue weighted by Gasteiger charge is -2.08. The average Bonchev–Trinajstić information content (AvgIpc) is 2.37. The van der Waals surface area contributed by atoms with Crippen molar-refractivity contribution in [3.8, 4) is 0 Å². The Kier molecular flexibility index (Phi) is 3.57. The molecular formula is C8H12F3N3O. The molecule has 1 N–H and O–H groups in total. The third kappa shape index (κ3) is 4.20. The first kappa shape index (κ1) is 11.8. The average molecular weight is 223 g/mol. The summed E-state index contributed by atoms with van der Waals surface area (Å²) in [4.78, 5) is 0. The second-order valence-electron chi connectivity index (χ2n) is 3.02. The fourth-order valence-electron chi connectivity index (χ4n) is 1.13. The van der Waals surface area contributed by atoms with E-state index in [0.717, 1.165) is 5.69 Å². The summed E-state index contributed by atoms with van der Waals surface area (Å²) in [6, 6.07) is 0. The molecule has 86 valence electrons.